The zero-order valence-corrected chi connectivity index (χ0v) is 10.5. The van der Waals surface area contributed by atoms with Gasteiger partial charge in [-0.2, -0.15) is 0 Å². The fraction of sp³-hybridized carbons (Fsp3) is 0.818. The molecule has 0 aromatic carbocycles. The molecule has 0 saturated carbocycles. The van der Waals surface area contributed by atoms with Gasteiger partial charge in [0, 0.05) is 19.0 Å². The second kappa shape index (κ2) is 4.91. The smallest absolute Gasteiger partial charge is 0.410 e. The van der Waals surface area contributed by atoms with E-state index in [4.69, 9.17) is 15.6 Å². The highest BCUT2D eigenvalue weighted by atomic mass is 16.6. The minimum atomic E-state index is -1.03. The monoisotopic (exact) mass is 244 g/mol. The molecule has 2 unspecified atom stereocenters. The minimum absolute atomic E-state index is 0.194. The molecule has 1 aliphatic rings. The number of carboxylic acid groups (broad SMARTS) is 1. The number of nitrogens with two attached hydrogens (primary N) is 1. The Morgan fingerprint density at radius 2 is 2.06 bits per heavy atom. The number of hydrogen-bond acceptors (Lipinski definition) is 4. The topological polar surface area (TPSA) is 92.9 Å². The second-order valence-electron chi connectivity index (χ2n) is 5.34. The molecule has 0 radical (unpaired) electrons. The van der Waals surface area contributed by atoms with Gasteiger partial charge in [-0.1, -0.05) is 0 Å². The average Bonchev–Trinajstić information content (AvgIpc) is 2.62. The number of hydrogen-bond donors (Lipinski definition) is 2. The molecule has 1 heterocycles. The largest absolute Gasteiger partial charge is 0.480 e. The molecule has 3 N–H and O–H groups in total. The number of carbonyl (C=O) groups excluding carboxylic acids is 1. The minimum Gasteiger partial charge on any atom is -0.480 e. The van der Waals surface area contributed by atoms with Crippen LogP contribution in [0.25, 0.3) is 0 Å². The third-order valence-electron chi connectivity index (χ3n) is 2.67. The van der Waals surface area contributed by atoms with Crippen molar-refractivity contribution in [1.29, 1.82) is 0 Å². The van der Waals surface area contributed by atoms with E-state index in [1.807, 2.05) is 0 Å². The van der Waals surface area contributed by atoms with Crippen molar-refractivity contribution < 1.29 is 19.4 Å². The van der Waals surface area contributed by atoms with Crippen molar-refractivity contribution in [2.24, 2.45) is 11.7 Å². The number of amides is 1. The Morgan fingerprint density at radius 1 is 1.47 bits per heavy atom. The van der Waals surface area contributed by atoms with Crippen molar-refractivity contribution in [3.8, 4) is 0 Å². The van der Waals surface area contributed by atoms with E-state index in [0.29, 0.717) is 19.5 Å². The normalized spacial score (nSPS) is 22.4. The van der Waals surface area contributed by atoms with Crippen molar-refractivity contribution >= 4 is 12.1 Å². The molecule has 1 saturated heterocycles. The van der Waals surface area contributed by atoms with Crippen LogP contribution >= 0.6 is 0 Å². The van der Waals surface area contributed by atoms with Crippen LogP contribution in [-0.4, -0.2) is 46.8 Å². The van der Waals surface area contributed by atoms with E-state index in [9.17, 15) is 9.59 Å². The first-order valence-corrected chi connectivity index (χ1v) is 5.67. The van der Waals surface area contributed by atoms with Crippen LogP contribution in [0, 0.1) is 5.92 Å². The number of ether oxygens (including phenoxy) is 1. The van der Waals surface area contributed by atoms with Gasteiger partial charge in [-0.3, -0.25) is 4.79 Å². The van der Waals surface area contributed by atoms with Gasteiger partial charge in [0.05, 0.1) is 0 Å². The zero-order chi connectivity index (χ0) is 13.2. The highest BCUT2D eigenvalue weighted by Crippen LogP contribution is 2.21. The third-order valence-corrected chi connectivity index (χ3v) is 2.67. The summed E-state index contributed by atoms with van der Waals surface area (Å²) in [5, 5.41) is 8.79. The number of carboxylic acids is 1. The zero-order valence-electron chi connectivity index (χ0n) is 10.5. The lowest BCUT2D eigenvalue weighted by molar-refractivity contribution is -0.139. The van der Waals surface area contributed by atoms with Gasteiger partial charge in [0.1, 0.15) is 11.6 Å². The van der Waals surface area contributed by atoms with E-state index < -0.39 is 23.7 Å². The Bertz CT molecular complexity index is 311. The number of likely N-dealkylation sites (tertiary alicyclic amines) is 1. The van der Waals surface area contributed by atoms with Crippen molar-refractivity contribution in [2.75, 3.05) is 13.1 Å². The number of nitrogens with zero attached hydrogens (tertiary/aromatic N) is 1. The molecule has 6 heteroatoms. The highest BCUT2D eigenvalue weighted by molar-refractivity contribution is 5.74. The van der Waals surface area contributed by atoms with E-state index >= 15 is 0 Å². The van der Waals surface area contributed by atoms with Crippen LogP contribution in [-0.2, 0) is 9.53 Å². The molecule has 0 aromatic heterocycles. The summed E-state index contributed by atoms with van der Waals surface area (Å²) >= 11 is 0. The van der Waals surface area contributed by atoms with E-state index in [2.05, 4.69) is 0 Å². The summed E-state index contributed by atoms with van der Waals surface area (Å²) in [5.41, 5.74) is 5.00. The van der Waals surface area contributed by atoms with E-state index in [1.54, 1.807) is 20.8 Å². The molecule has 98 valence electrons. The van der Waals surface area contributed by atoms with Gasteiger partial charge in [0.25, 0.3) is 0 Å². The number of carbonyl (C=O) groups is 2. The Balaban J connectivity index is 2.50. The van der Waals surface area contributed by atoms with Crippen molar-refractivity contribution in [1.82, 2.24) is 4.90 Å². The highest BCUT2D eigenvalue weighted by Gasteiger charge is 2.35. The molecule has 1 fully saturated rings. The Labute approximate surface area is 101 Å². The van der Waals surface area contributed by atoms with Crippen LogP contribution in [0.5, 0.6) is 0 Å². The molecular formula is C11H20N2O4. The number of aliphatic carboxylic acids is 1. The van der Waals surface area contributed by atoms with Gasteiger partial charge in [0.15, 0.2) is 0 Å². The first-order valence-electron chi connectivity index (χ1n) is 5.67. The van der Waals surface area contributed by atoms with Crippen LogP contribution in [0.1, 0.15) is 27.2 Å². The van der Waals surface area contributed by atoms with E-state index in [-0.39, 0.29) is 5.92 Å². The molecule has 0 bridgehead atoms. The summed E-state index contributed by atoms with van der Waals surface area (Å²) in [5.74, 6) is -1.22. The van der Waals surface area contributed by atoms with Gasteiger partial charge in [0.2, 0.25) is 0 Å². The molecule has 2 atom stereocenters. The summed E-state index contributed by atoms with van der Waals surface area (Å²) in [7, 11) is 0. The summed E-state index contributed by atoms with van der Waals surface area (Å²) in [6, 6.07) is -0.914. The molecule has 0 aromatic rings. The maximum absolute atomic E-state index is 11.7. The predicted octanol–water partition coefficient (Wildman–Crippen LogP) is 0.655. The quantitative estimate of drug-likeness (QED) is 0.744. The summed E-state index contributed by atoms with van der Waals surface area (Å²) in [6.07, 6.45) is 0.199. The fourth-order valence-electron chi connectivity index (χ4n) is 1.77. The van der Waals surface area contributed by atoms with Crippen LogP contribution in [0.4, 0.5) is 4.79 Å². The SMILES string of the molecule is CC(C)(C)OC(=O)N1CCC(C(N)C(=O)O)C1. The average molecular weight is 244 g/mol. The second-order valence-corrected chi connectivity index (χ2v) is 5.34. The summed E-state index contributed by atoms with van der Waals surface area (Å²) in [6.45, 7) is 6.23. The van der Waals surface area contributed by atoms with Gasteiger partial charge >= 0.3 is 12.1 Å². The lowest BCUT2D eigenvalue weighted by Gasteiger charge is -2.24. The molecule has 0 aliphatic carbocycles. The van der Waals surface area contributed by atoms with E-state index in [1.165, 1.54) is 4.90 Å². The maximum Gasteiger partial charge on any atom is 0.410 e. The van der Waals surface area contributed by atoms with Crippen LogP contribution in [0.2, 0.25) is 0 Å². The van der Waals surface area contributed by atoms with Crippen molar-refractivity contribution in [3.05, 3.63) is 0 Å². The first-order chi connectivity index (χ1) is 7.70. The molecule has 6 nitrogen and oxygen atoms in total. The standard InChI is InChI=1S/C11H20N2O4/c1-11(2,3)17-10(16)13-5-4-7(6-13)8(12)9(14)15/h7-8H,4-6,12H2,1-3H3,(H,14,15). The fourth-order valence-corrected chi connectivity index (χ4v) is 1.77. The molecular weight excluding hydrogens is 224 g/mol. The number of rotatable bonds is 2. The Kier molecular flexibility index (Phi) is 3.98. The molecule has 1 amide bonds. The first kappa shape index (κ1) is 13.8. The predicted molar refractivity (Wildman–Crippen MR) is 61.5 cm³/mol. The third kappa shape index (κ3) is 3.89. The summed E-state index contributed by atoms with van der Waals surface area (Å²) < 4.78 is 5.21. The van der Waals surface area contributed by atoms with Gasteiger partial charge in [-0.25, -0.2) is 4.79 Å². The molecule has 1 rings (SSSR count). The van der Waals surface area contributed by atoms with Gasteiger partial charge in [-0.05, 0) is 27.2 Å². The van der Waals surface area contributed by atoms with Gasteiger partial charge in [-0.15, -0.1) is 0 Å². The van der Waals surface area contributed by atoms with Crippen LogP contribution in [0.15, 0.2) is 0 Å². The lowest BCUT2D eigenvalue weighted by atomic mass is 10.0. The van der Waals surface area contributed by atoms with Crippen molar-refractivity contribution in [3.63, 3.8) is 0 Å². The van der Waals surface area contributed by atoms with Gasteiger partial charge < -0.3 is 20.5 Å². The Morgan fingerprint density at radius 3 is 2.53 bits per heavy atom. The maximum atomic E-state index is 11.7. The van der Waals surface area contributed by atoms with Crippen LogP contribution in [0.3, 0.4) is 0 Å². The Hall–Kier alpha value is -1.30. The molecule has 0 spiro atoms. The van der Waals surface area contributed by atoms with Crippen molar-refractivity contribution in [2.45, 2.75) is 38.8 Å². The molecule has 17 heavy (non-hydrogen) atoms. The lowest BCUT2D eigenvalue weighted by Crippen LogP contribution is -2.41. The van der Waals surface area contributed by atoms with E-state index in [0.717, 1.165) is 0 Å². The van der Waals surface area contributed by atoms with Crippen LogP contribution < -0.4 is 5.73 Å². The summed E-state index contributed by atoms with van der Waals surface area (Å²) in [4.78, 5) is 24.0. The molecule has 1 aliphatic heterocycles.